The molecule has 0 fully saturated rings. The summed E-state index contributed by atoms with van der Waals surface area (Å²) in [5.74, 6) is -0.313. The molecule has 0 bridgehead atoms. The molecule has 0 heterocycles. The van der Waals surface area contributed by atoms with Crippen molar-refractivity contribution in [2.45, 2.75) is 6.92 Å². The summed E-state index contributed by atoms with van der Waals surface area (Å²) in [7, 11) is 0. The molecule has 2 rings (SSSR count). The molecule has 0 unspecified atom stereocenters. The highest BCUT2D eigenvalue weighted by atomic mass is 19.1. The van der Waals surface area contributed by atoms with E-state index in [-0.39, 0.29) is 5.82 Å². The maximum absolute atomic E-state index is 13.1. The van der Waals surface area contributed by atoms with Gasteiger partial charge in [0.25, 0.3) is 0 Å². The van der Waals surface area contributed by atoms with E-state index in [1.54, 1.807) is 13.0 Å². The third-order valence-corrected chi connectivity index (χ3v) is 2.92. The van der Waals surface area contributed by atoms with E-state index in [0.717, 1.165) is 5.56 Å². The third kappa shape index (κ3) is 2.63. The molecule has 0 saturated carbocycles. The van der Waals surface area contributed by atoms with E-state index in [4.69, 9.17) is 5.73 Å². The number of nitrogens with two attached hydrogens (primary N) is 1. The molecule has 0 aromatic heterocycles. The highest BCUT2D eigenvalue weighted by molar-refractivity contribution is 5.96. The number of rotatable bonds is 2. The van der Waals surface area contributed by atoms with Gasteiger partial charge < -0.3 is 5.73 Å². The molecule has 2 N–H and O–H groups in total. The zero-order chi connectivity index (χ0) is 13.8. The molecule has 0 amide bonds. The van der Waals surface area contributed by atoms with Gasteiger partial charge in [-0.15, -0.1) is 0 Å². The molecule has 2 nitrogen and oxygen atoms in total. The largest absolute Gasteiger partial charge is 0.397 e. The molecular weight excluding hydrogens is 239 g/mol. The second-order valence-corrected chi connectivity index (χ2v) is 4.23. The Labute approximate surface area is 111 Å². The van der Waals surface area contributed by atoms with Gasteiger partial charge in [-0.05, 0) is 36.2 Å². The van der Waals surface area contributed by atoms with Crippen molar-refractivity contribution in [3.8, 4) is 6.07 Å². The summed E-state index contributed by atoms with van der Waals surface area (Å²) in [4.78, 5) is 0. The lowest BCUT2D eigenvalue weighted by Gasteiger charge is -2.09. The number of allylic oxidation sites excluding steroid dienone is 1. The smallest absolute Gasteiger partial charge is 0.123 e. The van der Waals surface area contributed by atoms with E-state index < -0.39 is 0 Å². The zero-order valence-electron chi connectivity index (χ0n) is 10.5. The Kier molecular flexibility index (Phi) is 3.63. The normalized spacial score (nSPS) is 11.6. The van der Waals surface area contributed by atoms with E-state index in [1.165, 1.54) is 12.1 Å². The Morgan fingerprint density at radius 2 is 1.84 bits per heavy atom. The Morgan fingerprint density at radius 3 is 2.42 bits per heavy atom. The van der Waals surface area contributed by atoms with Crippen LogP contribution in [0, 0.1) is 24.1 Å². The van der Waals surface area contributed by atoms with Gasteiger partial charge in [-0.2, -0.15) is 5.26 Å². The van der Waals surface area contributed by atoms with Gasteiger partial charge in [-0.3, -0.25) is 0 Å². The van der Waals surface area contributed by atoms with Gasteiger partial charge in [0.2, 0.25) is 0 Å². The molecule has 0 spiro atoms. The molecule has 3 heteroatoms. The lowest BCUT2D eigenvalue weighted by Crippen LogP contribution is -2.03. The van der Waals surface area contributed by atoms with Crippen molar-refractivity contribution in [2.75, 3.05) is 0 Å². The van der Waals surface area contributed by atoms with Crippen molar-refractivity contribution in [3.63, 3.8) is 0 Å². The number of hydrogen-bond donors (Lipinski definition) is 1. The quantitative estimate of drug-likeness (QED) is 0.657. The molecule has 2 aromatic rings. The van der Waals surface area contributed by atoms with Crippen LogP contribution in [0.1, 0.15) is 16.7 Å². The van der Waals surface area contributed by atoms with Gasteiger partial charge in [0, 0.05) is 5.56 Å². The van der Waals surface area contributed by atoms with Crippen molar-refractivity contribution < 1.29 is 4.39 Å². The molecule has 94 valence electrons. The predicted molar refractivity (Wildman–Crippen MR) is 74.2 cm³/mol. The van der Waals surface area contributed by atoms with Crippen molar-refractivity contribution in [1.82, 2.24) is 0 Å². The van der Waals surface area contributed by atoms with Gasteiger partial charge in [0.05, 0.1) is 11.3 Å². The van der Waals surface area contributed by atoms with E-state index >= 15 is 0 Å². The van der Waals surface area contributed by atoms with Crippen LogP contribution in [0.25, 0.3) is 11.3 Å². The van der Waals surface area contributed by atoms with Crippen LogP contribution in [-0.2, 0) is 0 Å². The van der Waals surface area contributed by atoms with Crippen molar-refractivity contribution in [1.29, 1.82) is 5.26 Å². The van der Waals surface area contributed by atoms with E-state index in [0.29, 0.717) is 22.4 Å². The molecule has 19 heavy (non-hydrogen) atoms. The third-order valence-electron chi connectivity index (χ3n) is 2.92. The fourth-order valence-corrected chi connectivity index (χ4v) is 1.95. The molecule has 0 radical (unpaired) electrons. The van der Waals surface area contributed by atoms with Crippen LogP contribution in [0.3, 0.4) is 0 Å². The van der Waals surface area contributed by atoms with Crippen molar-refractivity contribution in [2.24, 2.45) is 5.73 Å². The van der Waals surface area contributed by atoms with Gasteiger partial charge in [-0.1, -0.05) is 30.3 Å². The maximum Gasteiger partial charge on any atom is 0.123 e. The first-order valence-corrected chi connectivity index (χ1v) is 5.85. The van der Waals surface area contributed by atoms with Crippen LogP contribution in [0.2, 0.25) is 0 Å². The van der Waals surface area contributed by atoms with E-state index in [2.05, 4.69) is 6.07 Å². The Hall–Kier alpha value is -2.60. The maximum atomic E-state index is 13.1. The summed E-state index contributed by atoms with van der Waals surface area (Å²) in [5.41, 5.74) is 8.98. The highest BCUT2D eigenvalue weighted by Gasteiger charge is 2.10. The Balaban J connectivity index is 2.59. The lowest BCUT2D eigenvalue weighted by atomic mass is 9.98. The fourth-order valence-electron chi connectivity index (χ4n) is 1.95. The van der Waals surface area contributed by atoms with Crippen LogP contribution < -0.4 is 5.73 Å². The summed E-state index contributed by atoms with van der Waals surface area (Å²) in [6.07, 6.45) is 0. The summed E-state index contributed by atoms with van der Waals surface area (Å²) >= 11 is 0. The van der Waals surface area contributed by atoms with Crippen LogP contribution in [0.15, 0.2) is 48.5 Å². The monoisotopic (exact) mass is 252 g/mol. The standard InChI is InChI=1S/C16H13FN2/c1-11-9-13(17)7-8-14(11)16(19)15(10-18)12-5-3-2-4-6-12/h2-9H,19H2,1H3/b16-15+. The Bertz CT molecular complexity index is 667. The second kappa shape index (κ2) is 5.36. The Morgan fingerprint density at radius 1 is 1.16 bits per heavy atom. The summed E-state index contributed by atoms with van der Waals surface area (Å²) < 4.78 is 13.1. The minimum atomic E-state index is -0.313. The van der Waals surface area contributed by atoms with Crippen LogP contribution >= 0.6 is 0 Å². The van der Waals surface area contributed by atoms with Crippen molar-refractivity contribution in [3.05, 3.63) is 71.0 Å². The number of aryl methyl sites for hydroxylation is 1. The van der Waals surface area contributed by atoms with Crippen LogP contribution in [0.4, 0.5) is 4.39 Å². The van der Waals surface area contributed by atoms with E-state index in [9.17, 15) is 9.65 Å². The van der Waals surface area contributed by atoms with E-state index in [1.807, 2.05) is 30.3 Å². The first-order chi connectivity index (χ1) is 9.13. The summed E-state index contributed by atoms with van der Waals surface area (Å²) in [6.45, 7) is 1.77. The molecule has 0 aliphatic rings. The minimum absolute atomic E-state index is 0.313. The second-order valence-electron chi connectivity index (χ2n) is 4.23. The molecule has 0 atom stereocenters. The van der Waals surface area contributed by atoms with Gasteiger partial charge >= 0.3 is 0 Å². The first-order valence-electron chi connectivity index (χ1n) is 5.85. The van der Waals surface area contributed by atoms with Crippen LogP contribution in [-0.4, -0.2) is 0 Å². The van der Waals surface area contributed by atoms with Crippen molar-refractivity contribution >= 4 is 11.3 Å². The number of hydrogen-bond acceptors (Lipinski definition) is 2. The fraction of sp³-hybridized carbons (Fsp3) is 0.0625. The lowest BCUT2D eigenvalue weighted by molar-refractivity contribution is 0.626. The highest BCUT2D eigenvalue weighted by Crippen LogP contribution is 2.24. The topological polar surface area (TPSA) is 49.8 Å². The zero-order valence-corrected chi connectivity index (χ0v) is 10.5. The van der Waals surface area contributed by atoms with Gasteiger partial charge in [0.15, 0.2) is 0 Å². The number of nitriles is 1. The average Bonchev–Trinajstić information content (AvgIpc) is 2.40. The van der Waals surface area contributed by atoms with Gasteiger partial charge in [-0.25, -0.2) is 4.39 Å². The molecule has 0 aliphatic heterocycles. The first kappa shape index (κ1) is 12.8. The number of halogens is 1. The number of nitrogens with zero attached hydrogens (tertiary/aromatic N) is 1. The molecule has 0 saturated heterocycles. The predicted octanol–water partition coefficient (Wildman–Crippen LogP) is 3.48. The minimum Gasteiger partial charge on any atom is -0.397 e. The molecular formula is C16H13FN2. The summed E-state index contributed by atoms with van der Waals surface area (Å²) in [5, 5.41) is 9.29. The SMILES string of the molecule is Cc1cc(F)ccc1/C(N)=C(/C#N)c1ccccc1. The number of benzene rings is 2. The molecule has 2 aromatic carbocycles. The average molecular weight is 252 g/mol. The van der Waals surface area contributed by atoms with Crippen LogP contribution in [0.5, 0.6) is 0 Å². The van der Waals surface area contributed by atoms with Gasteiger partial charge in [0.1, 0.15) is 11.9 Å². The summed E-state index contributed by atoms with van der Waals surface area (Å²) in [6, 6.07) is 15.7. The molecule has 0 aliphatic carbocycles.